The van der Waals surface area contributed by atoms with Gasteiger partial charge in [-0.15, -0.1) is 0 Å². The van der Waals surface area contributed by atoms with E-state index in [1.54, 1.807) is 0 Å². The summed E-state index contributed by atoms with van der Waals surface area (Å²) >= 11 is 0. The SMILES string of the molecule is CC(C)C1CCCN1C1(CN)CC2CCC(C1)N2C. The lowest BCUT2D eigenvalue weighted by Crippen LogP contribution is -2.63. The Morgan fingerprint density at radius 1 is 1.16 bits per heavy atom. The number of hydrogen-bond donors (Lipinski definition) is 1. The van der Waals surface area contributed by atoms with Gasteiger partial charge in [-0.25, -0.2) is 0 Å². The second-order valence-corrected chi connectivity index (χ2v) is 7.53. The van der Waals surface area contributed by atoms with Crippen LogP contribution in [-0.4, -0.2) is 53.6 Å². The zero-order valence-electron chi connectivity index (χ0n) is 12.9. The van der Waals surface area contributed by atoms with Gasteiger partial charge in [-0.2, -0.15) is 0 Å². The second-order valence-electron chi connectivity index (χ2n) is 7.53. The Morgan fingerprint density at radius 2 is 1.79 bits per heavy atom. The lowest BCUT2D eigenvalue weighted by molar-refractivity contribution is -0.0161. The highest BCUT2D eigenvalue weighted by Gasteiger charge is 2.51. The molecule has 3 rings (SSSR count). The molecule has 0 aromatic rings. The Morgan fingerprint density at radius 3 is 2.32 bits per heavy atom. The molecular weight excluding hydrogens is 234 g/mol. The summed E-state index contributed by atoms with van der Waals surface area (Å²) in [5.74, 6) is 0.767. The summed E-state index contributed by atoms with van der Waals surface area (Å²) in [6.45, 7) is 6.91. The number of hydrogen-bond acceptors (Lipinski definition) is 3. The number of rotatable bonds is 3. The average molecular weight is 265 g/mol. The van der Waals surface area contributed by atoms with Crippen molar-refractivity contribution in [2.75, 3.05) is 20.1 Å². The third-order valence-electron chi connectivity index (χ3n) is 6.27. The maximum absolute atomic E-state index is 6.32. The van der Waals surface area contributed by atoms with Crippen molar-refractivity contribution in [3.63, 3.8) is 0 Å². The first-order valence-electron chi connectivity index (χ1n) is 8.26. The van der Waals surface area contributed by atoms with Crippen LogP contribution in [0.1, 0.15) is 52.4 Å². The van der Waals surface area contributed by atoms with E-state index in [0.717, 1.165) is 30.6 Å². The molecule has 3 atom stereocenters. The molecule has 0 amide bonds. The van der Waals surface area contributed by atoms with Gasteiger partial charge in [0.25, 0.3) is 0 Å². The fourth-order valence-electron chi connectivity index (χ4n) is 5.14. The van der Waals surface area contributed by atoms with Gasteiger partial charge in [-0.1, -0.05) is 13.8 Å². The summed E-state index contributed by atoms with van der Waals surface area (Å²) in [7, 11) is 2.33. The van der Waals surface area contributed by atoms with Crippen LogP contribution in [0.4, 0.5) is 0 Å². The molecule has 0 aromatic carbocycles. The fourth-order valence-corrected chi connectivity index (χ4v) is 5.14. The van der Waals surface area contributed by atoms with Gasteiger partial charge >= 0.3 is 0 Å². The molecule has 3 aliphatic rings. The Bertz CT molecular complexity index is 314. The molecule has 19 heavy (non-hydrogen) atoms. The van der Waals surface area contributed by atoms with Gasteiger partial charge in [0.05, 0.1) is 0 Å². The van der Waals surface area contributed by atoms with Gasteiger partial charge in [0.15, 0.2) is 0 Å². The van der Waals surface area contributed by atoms with Gasteiger partial charge in [-0.05, 0) is 58.0 Å². The molecule has 2 N–H and O–H groups in total. The third-order valence-corrected chi connectivity index (χ3v) is 6.27. The highest BCUT2D eigenvalue weighted by Crippen LogP contribution is 2.45. The van der Waals surface area contributed by atoms with Crippen molar-refractivity contribution in [2.24, 2.45) is 11.7 Å². The maximum Gasteiger partial charge on any atom is 0.0364 e. The first kappa shape index (κ1) is 13.8. The van der Waals surface area contributed by atoms with E-state index in [1.807, 2.05) is 0 Å². The van der Waals surface area contributed by atoms with Crippen LogP contribution in [0, 0.1) is 5.92 Å². The number of nitrogens with two attached hydrogens (primary N) is 1. The van der Waals surface area contributed by atoms with Gasteiger partial charge in [0.2, 0.25) is 0 Å². The quantitative estimate of drug-likeness (QED) is 0.848. The van der Waals surface area contributed by atoms with Crippen molar-refractivity contribution in [2.45, 2.75) is 76.0 Å². The van der Waals surface area contributed by atoms with Crippen molar-refractivity contribution in [3.05, 3.63) is 0 Å². The smallest absolute Gasteiger partial charge is 0.0364 e. The predicted octanol–water partition coefficient (Wildman–Crippen LogP) is 2.06. The monoisotopic (exact) mass is 265 g/mol. The molecule has 0 aromatic heterocycles. The zero-order valence-corrected chi connectivity index (χ0v) is 12.9. The van der Waals surface area contributed by atoms with E-state index >= 15 is 0 Å². The Hall–Kier alpha value is -0.120. The van der Waals surface area contributed by atoms with Gasteiger partial charge in [0, 0.05) is 30.2 Å². The largest absolute Gasteiger partial charge is 0.329 e. The molecule has 0 aliphatic carbocycles. The zero-order chi connectivity index (χ0) is 13.6. The van der Waals surface area contributed by atoms with Crippen molar-refractivity contribution in [1.82, 2.24) is 9.80 Å². The van der Waals surface area contributed by atoms with E-state index in [1.165, 1.54) is 45.1 Å². The summed E-state index contributed by atoms with van der Waals surface area (Å²) < 4.78 is 0. The normalized spacial score (nSPS) is 44.4. The molecule has 3 saturated heterocycles. The Balaban J connectivity index is 1.84. The lowest BCUT2D eigenvalue weighted by atomic mass is 9.80. The average Bonchev–Trinajstić information content (AvgIpc) is 2.94. The summed E-state index contributed by atoms with van der Waals surface area (Å²) in [5, 5.41) is 0. The van der Waals surface area contributed by atoms with Crippen molar-refractivity contribution < 1.29 is 0 Å². The molecule has 2 bridgehead atoms. The van der Waals surface area contributed by atoms with Gasteiger partial charge in [-0.3, -0.25) is 4.90 Å². The minimum absolute atomic E-state index is 0.309. The topological polar surface area (TPSA) is 32.5 Å². The highest BCUT2D eigenvalue weighted by molar-refractivity contribution is 5.09. The molecular formula is C16H31N3. The summed E-state index contributed by atoms with van der Waals surface area (Å²) in [5.41, 5.74) is 6.63. The first-order chi connectivity index (χ1) is 9.07. The molecule has 3 aliphatic heterocycles. The second kappa shape index (κ2) is 5.01. The Labute approximate surface area is 118 Å². The van der Waals surface area contributed by atoms with E-state index in [9.17, 15) is 0 Å². The number of piperidine rings is 1. The van der Waals surface area contributed by atoms with Crippen molar-refractivity contribution in [3.8, 4) is 0 Å². The van der Waals surface area contributed by atoms with Crippen LogP contribution in [0.5, 0.6) is 0 Å². The van der Waals surface area contributed by atoms with Crippen LogP contribution in [-0.2, 0) is 0 Å². The van der Waals surface area contributed by atoms with Crippen LogP contribution >= 0.6 is 0 Å². The fraction of sp³-hybridized carbons (Fsp3) is 1.00. The first-order valence-corrected chi connectivity index (χ1v) is 8.26. The standard InChI is InChI=1S/C16H31N3/c1-12(2)15-5-4-8-19(15)16(11-17)9-13-6-7-14(10-16)18(13)3/h12-15H,4-11,17H2,1-3H3. The van der Waals surface area contributed by atoms with Crippen LogP contribution in [0.3, 0.4) is 0 Å². The minimum Gasteiger partial charge on any atom is -0.329 e. The molecule has 3 heteroatoms. The summed E-state index contributed by atoms with van der Waals surface area (Å²) in [6.07, 6.45) is 8.14. The number of nitrogens with zero attached hydrogens (tertiary/aromatic N) is 2. The summed E-state index contributed by atoms with van der Waals surface area (Å²) in [4.78, 5) is 5.46. The lowest BCUT2D eigenvalue weighted by Gasteiger charge is -2.52. The van der Waals surface area contributed by atoms with Crippen molar-refractivity contribution >= 4 is 0 Å². The molecule has 3 nitrogen and oxygen atoms in total. The third kappa shape index (κ3) is 2.14. The predicted molar refractivity (Wildman–Crippen MR) is 80.2 cm³/mol. The Kier molecular flexibility index (Phi) is 3.65. The minimum atomic E-state index is 0.309. The van der Waals surface area contributed by atoms with E-state index in [0.29, 0.717) is 5.54 Å². The molecule has 3 heterocycles. The van der Waals surface area contributed by atoms with Crippen LogP contribution in [0.2, 0.25) is 0 Å². The molecule has 0 saturated carbocycles. The molecule has 0 spiro atoms. The summed E-state index contributed by atoms with van der Waals surface area (Å²) in [6, 6.07) is 2.35. The highest BCUT2D eigenvalue weighted by atomic mass is 15.3. The van der Waals surface area contributed by atoms with Crippen molar-refractivity contribution in [1.29, 1.82) is 0 Å². The van der Waals surface area contributed by atoms with Crippen LogP contribution in [0.25, 0.3) is 0 Å². The van der Waals surface area contributed by atoms with E-state index < -0.39 is 0 Å². The van der Waals surface area contributed by atoms with E-state index in [-0.39, 0.29) is 0 Å². The van der Waals surface area contributed by atoms with E-state index in [2.05, 4.69) is 30.7 Å². The van der Waals surface area contributed by atoms with Crippen LogP contribution in [0.15, 0.2) is 0 Å². The number of likely N-dealkylation sites (tertiary alicyclic amines) is 1. The van der Waals surface area contributed by atoms with Gasteiger partial charge in [0.1, 0.15) is 0 Å². The molecule has 3 fully saturated rings. The van der Waals surface area contributed by atoms with Gasteiger partial charge < -0.3 is 10.6 Å². The van der Waals surface area contributed by atoms with Crippen LogP contribution < -0.4 is 5.73 Å². The molecule has 0 radical (unpaired) electrons. The molecule has 110 valence electrons. The molecule has 3 unspecified atom stereocenters. The maximum atomic E-state index is 6.32. The number of fused-ring (bicyclic) bond motifs is 2. The van der Waals surface area contributed by atoms with E-state index in [4.69, 9.17) is 5.73 Å².